The van der Waals surface area contributed by atoms with Crippen LogP contribution >= 0.6 is 23.5 Å². The van der Waals surface area contributed by atoms with Crippen molar-refractivity contribution in [1.29, 1.82) is 0 Å². The van der Waals surface area contributed by atoms with Gasteiger partial charge in [-0.15, -0.1) is 11.8 Å². The number of nitrogens with zero attached hydrogens (tertiary/aromatic N) is 2. The summed E-state index contributed by atoms with van der Waals surface area (Å²) in [6.45, 7) is 4.31. The smallest absolute Gasteiger partial charge is 0.272 e. The lowest BCUT2D eigenvalue weighted by atomic mass is 10.3. The molecule has 0 unspecified atom stereocenters. The van der Waals surface area contributed by atoms with Crippen molar-refractivity contribution in [1.82, 2.24) is 9.55 Å². The van der Waals surface area contributed by atoms with Crippen LogP contribution in [-0.4, -0.2) is 27.7 Å². The summed E-state index contributed by atoms with van der Waals surface area (Å²) < 4.78 is 7.04. The van der Waals surface area contributed by atoms with E-state index in [1.807, 2.05) is 24.3 Å². The normalized spacial score (nSPS) is 14.6. The van der Waals surface area contributed by atoms with Gasteiger partial charge in [0.15, 0.2) is 5.16 Å². The number of aromatic nitrogens is 2. The molecule has 0 radical (unpaired) electrons. The van der Waals surface area contributed by atoms with Crippen LogP contribution in [0.3, 0.4) is 0 Å². The zero-order chi connectivity index (χ0) is 16.4. The number of ether oxygens (including phenoxy) is 1. The van der Waals surface area contributed by atoms with Crippen LogP contribution in [0.4, 0.5) is 0 Å². The largest absolute Gasteiger partial charge is 0.497 e. The molecule has 6 heteroatoms. The van der Waals surface area contributed by atoms with E-state index in [1.54, 1.807) is 35.2 Å². The molecule has 1 atom stereocenters. The third-order valence-corrected chi connectivity index (χ3v) is 6.19. The van der Waals surface area contributed by atoms with Crippen molar-refractivity contribution in [2.24, 2.45) is 0 Å². The zero-order valence-corrected chi connectivity index (χ0v) is 15.2. The first kappa shape index (κ1) is 16.5. The fourth-order valence-electron chi connectivity index (χ4n) is 2.41. The van der Waals surface area contributed by atoms with Crippen LogP contribution in [0.15, 0.2) is 39.1 Å². The Bertz CT molecular complexity index is 774. The average molecular weight is 348 g/mol. The Morgan fingerprint density at radius 2 is 2.30 bits per heavy atom. The third-order valence-electron chi connectivity index (χ3n) is 3.86. The summed E-state index contributed by atoms with van der Waals surface area (Å²) in [4.78, 5) is 18.6. The lowest BCUT2D eigenvalue weighted by molar-refractivity contribution is 0.414. The maximum absolute atomic E-state index is 13.0. The fourth-order valence-corrected chi connectivity index (χ4v) is 4.42. The van der Waals surface area contributed by atoms with Crippen molar-refractivity contribution in [3.63, 3.8) is 0 Å². The van der Waals surface area contributed by atoms with Crippen molar-refractivity contribution in [2.45, 2.75) is 42.0 Å². The van der Waals surface area contributed by atoms with Gasteiger partial charge in [-0.05, 0) is 18.6 Å². The molecule has 23 heavy (non-hydrogen) atoms. The van der Waals surface area contributed by atoms with E-state index in [0.29, 0.717) is 5.25 Å². The van der Waals surface area contributed by atoms with Gasteiger partial charge in [-0.2, -0.15) is 0 Å². The summed E-state index contributed by atoms with van der Waals surface area (Å²) in [5.41, 5.74) is 1.80. The number of hydrogen-bond acceptors (Lipinski definition) is 5. The molecule has 1 aromatic carbocycles. The second-order valence-electron chi connectivity index (χ2n) is 5.45. The number of thioether (sulfide) groups is 2. The number of hydrogen-bond donors (Lipinski definition) is 0. The van der Waals surface area contributed by atoms with E-state index < -0.39 is 0 Å². The first-order valence-corrected chi connectivity index (χ1v) is 9.60. The van der Waals surface area contributed by atoms with Crippen molar-refractivity contribution < 1.29 is 4.74 Å². The Hall–Kier alpha value is -1.40. The average Bonchev–Trinajstić information content (AvgIpc) is 3.03. The van der Waals surface area contributed by atoms with Crippen molar-refractivity contribution >= 4 is 23.5 Å². The van der Waals surface area contributed by atoms with Crippen LogP contribution in [0.5, 0.6) is 5.75 Å². The molecular formula is C17H20N2O2S2. The quantitative estimate of drug-likeness (QED) is 0.608. The maximum atomic E-state index is 13.0. The molecule has 0 amide bonds. The maximum Gasteiger partial charge on any atom is 0.272 e. The first-order chi connectivity index (χ1) is 11.1. The SMILES string of the molecule is CC[C@H](C)Sc1nc2c(c(=O)n1-c1cccc(OC)c1)SCC2. The third kappa shape index (κ3) is 3.28. The summed E-state index contributed by atoms with van der Waals surface area (Å²) in [5.74, 6) is 1.68. The Balaban J connectivity index is 2.18. The highest BCUT2D eigenvalue weighted by Gasteiger charge is 2.23. The van der Waals surface area contributed by atoms with Gasteiger partial charge in [0.05, 0.1) is 23.4 Å². The molecule has 4 nitrogen and oxygen atoms in total. The highest BCUT2D eigenvalue weighted by Crippen LogP contribution is 2.32. The predicted octanol–water partition coefficient (Wildman–Crippen LogP) is 3.78. The summed E-state index contributed by atoms with van der Waals surface area (Å²) in [6.07, 6.45) is 1.91. The summed E-state index contributed by atoms with van der Waals surface area (Å²) in [6, 6.07) is 7.60. The molecule has 0 saturated heterocycles. The van der Waals surface area contributed by atoms with Gasteiger partial charge in [0.25, 0.3) is 5.56 Å². The number of benzene rings is 1. The molecule has 1 aromatic heterocycles. The van der Waals surface area contributed by atoms with E-state index in [4.69, 9.17) is 9.72 Å². The van der Waals surface area contributed by atoms with Crippen LogP contribution in [-0.2, 0) is 6.42 Å². The minimum atomic E-state index is 0.0385. The molecule has 122 valence electrons. The van der Waals surface area contributed by atoms with E-state index in [2.05, 4.69) is 13.8 Å². The summed E-state index contributed by atoms with van der Waals surface area (Å²) in [5, 5.41) is 1.18. The van der Waals surface area contributed by atoms with E-state index in [9.17, 15) is 4.79 Å². The molecule has 2 heterocycles. The Morgan fingerprint density at radius 1 is 1.48 bits per heavy atom. The molecular weight excluding hydrogens is 328 g/mol. The molecule has 3 rings (SSSR count). The Kier molecular flexibility index (Phi) is 5.02. The van der Waals surface area contributed by atoms with Crippen molar-refractivity contribution in [3.05, 3.63) is 40.3 Å². The summed E-state index contributed by atoms with van der Waals surface area (Å²) >= 11 is 3.27. The molecule has 1 aliphatic rings. The molecule has 2 aromatic rings. The van der Waals surface area contributed by atoms with Crippen LogP contribution in [0.25, 0.3) is 5.69 Å². The fraction of sp³-hybridized carbons (Fsp3) is 0.412. The number of fused-ring (bicyclic) bond motifs is 1. The minimum absolute atomic E-state index is 0.0385. The topological polar surface area (TPSA) is 44.1 Å². The van der Waals surface area contributed by atoms with Crippen molar-refractivity contribution in [3.8, 4) is 11.4 Å². The van der Waals surface area contributed by atoms with Crippen LogP contribution in [0.1, 0.15) is 26.0 Å². The molecule has 1 aliphatic heterocycles. The number of rotatable bonds is 5. The molecule has 0 aliphatic carbocycles. The lowest BCUT2D eigenvalue weighted by Crippen LogP contribution is -2.24. The Morgan fingerprint density at radius 3 is 3.04 bits per heavy atom. The van der Waals surface area contributed by atoms with E-state index >= 15 is 0 Å². The van der Waals surface area contributed by atoms with Crippen LogP contribution < -0.4 is 10.3 Å². The van der Waals surface area contributed by atoms with Crippen LogP contribution in [0.2, 0.25) is 0 Å². The van der Waals surface area contributed by atoms with Crippen molar-refractivity contribution in [2.75, 3.05) is 12.9 Å². The highest BCUT2D eigenvalue weighted by atomic mass is 32.2. The highest BCUT2D eigenvalue weighted by molar-refractivity contribution is 8.00. The molecule has 0 spiro atoms. The minimum Gasteiger partial charge on any atom is -0.497 e. The standard InChI is InChI=1S/C17H20N2O2S2/c1-4-11(2)23-17-18-14-8-9-22-15(14)16(20)19(17)12-6-5-7-13(10-12)21-3/h5-7,10-11H,4,8-9H2,1-3H3/t11-/m0/s1. The summed E-state index contributed by atoms with van der Waals surface area (Å²) in [7, 11) is 1.63. The van der Waals surface area contributed by atoms with Gasteiger partial charge in [0, 0.05) is 23.5 Å². The van der Waals surface area contributed by atoms with E-state index in [1.165, 1.54) is 0 Å². The lowest BCUT2D eigenvalue weighted by Gasteiger charge is -2.16. The van der Waals surface area contributed by atoms with Gasteiger partial charge in [-0.25, -0.2) is 4.98 Å². The van der Waals surface area contributed by atoms with Gasteiger partial charge in [-0.3, -0.25) is 9.36 Å². The van der Waals surface area contributed by atoms with Gasteiger partial charge in [-0.1, -0.05) is 31.7 Å². The second kappa shape index (κ2) is 7.01. The number of aryl methyl sites for hydroxylation is 1. The van der Waals surface area contributed by atoms with Gasteiger partial charge in [0.1, 0.15) is 5.75 Å². The molecule has 0 saturated carbocycles. The Labute approximate surface area is 144 Å². The second-order valence-corrected chi connectivity index (χ2v) is 7.96. The van der Waals surface area contributed by atoms with E-state index in [0.717, 1.165) is 45.8 Å². The molecule has 0 fully saturated rings. The molecule has 0 N–H and O–H groups in total. The zero-order valence-electron chi connectivity index (χ0n) is 13.5. The number of methoxy groups -OCH3 is 1. The van der Waals surface area contributed by atoms with Crippen LogP contribution in [0, 0.1) is 0 Å². The molecule has 0 bridgehead atoms. The first-order valence-electron chi connectivity index (χ1n) is 7.73. The van der Waals surface area contributed by atoms with Gasteiger partial charge >= 0.3 is 0 Å². The van der Waals surface area contributed by atoms with Gasteiger partial charge in [0.2, 0.25) is 0 Å². The van der Waals surface area contributed by atoms with E-state index in [-0.39, 0.29) is 5.56 Å². The van der Waals surface area contributed by atoms with Gasteiger partial charge < -0.3 is 4.74 Å². The monoisotopic (exact) mass is 348 g/mol. The predicted molar refractivity (Wildman–Crippen MR) is 96.4 cm³/mol.